The lowest BCUT2D eigenvalue weighted by Gasteiger charge is -2.24. The van der Waals surface area contributed by atoms with Crippen molar-refractivity contribution in [3.8, 4) is 0 Å². The van der Waals surface area contributed by atoms with Gasteiger partial charge in [0, 0.05) is 18.0 Å². The first-order chi connectivity index (χ1) is 9.98. The number of hydrogen-bond donors (Lipinski definition) is 2. The number of aliphatic carboxylic acids is 1. The van der Waals surface area contributed by atoms with Gasteiger partial charge in [0.05, 0.1) is 12.0 Å². The first-order valence-corrected chi connectivity index (χ1v) is 8.15. The van der Waals surface area contributed by atoms with Gasteiger partial charge in [0.25, 0.3) is 0 Å². The maximum Gasteiger partial charge on any atom is 0.317 e. The van der Waals surface area contributed by atoms with Crippen LogP contribution < -0.4 is 5.32 Å². The van der Waals surface area contributed by atoms with E-state index in [-0.39, 0.29) is 6.03 Å². The van der Waals surface area contributed by atoms with Crippen LogP contribution in [0.1, 0.15) is 36.6 Å². The van der Waals surface area contributed by atoms with E-state index in [1.165, 1.54) is 5.56 Å². The minimum absolute atomic E-state index is 0.165. The Hall–Kier alpha value is -1.56. The fourth-order valence-corrected chi connectivity index (χ4v) is 3.71. The second-order valence-electron chi connectivity index (χ2n) is 5.69. The molecule has 21 heavy (non-hydrogen) atoms. The Labute approximate surface area is 129 Å². The van der Waals surface area contributed by atoms with Crippen molar-refractivity contribution in [2.45, 2.75) is 39.7 Å². The van der Waals surface area contributed by atoms with E-state index in [0.29, 0.717) is 32.5 Å². The molecule has 1 aromatic heterocycles. The molecule has 0 saturated carbocycles. The van der Waals surface area contributed by atoms with E-state index in [2.05, 4.69) is 5.32 Å². The quantitative estimate of drug-likeness (QED) is 0.878. The average molecular weight is 310 g/mol. The summed E-state index contributed by atoms with van der Waals surface area (Å²) in [6.45, 7) is 5.33. The van der Waals surface area contributed by atoms with Crippen molar-refractivity contribution in [2.24, 2.45) is 5.41 Å². The minimum Gasteiger partial charge on any atom is -0.481 e. The van der Waals surface area contributed by atoms with Gasteiger partial charge < -0.3 is 15.3 Å². The molecule has 0 spiro atoms. The van der Waals surface area contributed by atoms with Crippen LogP contribution in [0.2, 0.25) is 0 Å². The number of amides is 2. The van der Waals surface area contributed by atoms with Crippen LogP contribution in [0.3, 0.4) is 0 Å². The Kier molecular flexibility index (Phi) is 4.88. The van der Waals surface area contributed by atoms with Crippen LogP contribution in [-0.2, 0) is 11.3 Å². The maximum absolute atomic E-state index is 12.2. The number of carboxylic acid groups (broad SMARTS) is 1. The van der Waals surface area contributed by atoms with Gasteiger partial charge >= 0.3 is 12.0 Å². The van der Waals surface area contributed by atoms with Crippen LogP contribution in [0.25, 0.3) is 0 Å². The molecule has 0 radical (unpaired) electrons. The molecule has 1 atom stereocenters. The van der Waals surface area contributed by atoms with Crippen LogP contribution in [0.5, 0.6) is 0 Å². The molecule has 6 heteroatoms. The lowest BCUT2D eigenvalue weighted by atomic mass is 9.83. The molecule has 1 saturated heterocycles. The van der Waals surface area contributed by atoms with Gasteiger partial charge in [-0.25, -0.2) is 4.79 Å². The summed E-state index contributed by atoms with van der Waals surface area (Å²) >= 11 is 1.62. The molecule has 1 aliphatic heterocycles. The van der Waals surface area contributed by atoms with E-state index in [4.69, 9.17) is 0 Å². The molecule has 2 heterocycles. The minimum atomic E-state index is -0.784. The number of nitrogens with zero attached hydrogens (tertiary/aromatic N) is 1. The van der Waals surface area contributed by atoms with Gasteiger partial charge in [-0.1, -0.05) is 13.3 Å². The van der Waals surface area contributed by atoms with Crippen molar-refractivity contribution < 1.29 is 14.7 Å². The first kappa shape index (κ1) is 15.8. The van der Waals surface area contributed by atoms with E-state index >= 15 is 0 Å². The third-order valence-electron chi connectivity index (χ3n) is 4.19. The fourth-order valence-electron chi connectivity index (χ4n) is 2.86. The first-order valence-electron chi connectivity index (χ1n) is 7.27. The SMILES string of the molecule is CCCC1(C(=O)O)CCN(C(=O)NCc2sccc2C)C1. The zero-order valence-electron chi connectivity index (χ0n) is 12.5. The van der Waals surface area contributed by atoms with E-state index in [1.54, 1.807) is 16.2 Å². The van der Waals surface area contributed by atoms with Crippen molar-refractivity contribution >= 4 is 23.3 Å². The van der Waals surface area contributed by atoms with Crippen molar-refractivity contribution in [1.29, 1.82) is 0 Å². The highest BCUT2D eigenvalue weighted by Crippen LogP contribution is 2.35. The number of urea groups is 1. The smallest absolute Gasteiger partial charge is 0.317 e. The molecule has 0 bridgehead atoms. The molecule has 1 fully saturated rings. The van der Waals surface area contributed by atoms with Crippen molar-refractivity contribution in [2.75, 3.05) is 13.1 Å². The summed E-state index contributed by atoms with van der Waals surface area (Å²) in [5.74, 6) is -0.784. The Morgan fingerprint density at radius 1 is 1.52 bits per heavy atom. The summed E-state index contributed by atoms with van der Waals surface area (Å²) in [6.07, 6.45) is 1.98. The highest BCUT2D eigenvalue weighted by atomic mass is 32.1. The number of likely N-dealkylation sites (tertiary alicyclic amines) is 1. The topological polar surface area (TPSA) is 69.6 Å². The Balaban J connectivity index is 1.92. The zero-order valence-corrected chi connectivity index (χ0v) is 13.3. The van der Waals surface area contributed by atoms with Gasteiger partial charge in [-0.15, -0.1) is 11.3 Å². The van der Waals surface area contributed by atoms with Gasteiger partial charge in [0.2, 0.25) is 0 Å². The monoisotopic (exact) mass is 310 g/mol. The highest BCUT2D eigenvalue weighted by Gasteiger charge is 2.45. The molecule has 1 aromatic rings. The highest BCUT2D eigenvalue weighted by molar-refractivity contribution is 7.10. The number of hydrogen-bond acceptors (Lipinski definition) is 3. The van der Waals surface area contributed by atoms with Crippen LogP contribution in [0.4, 0.5) is 4.79 Å². The van der Waals surface area contributed by atoms with Gasteiger partial charge in [0.15, 0.2) is 0 Å². The summed E-state index contributed by atoms with van der Waals surface area (Å²) in [5.41, 5.74) is 0.415. The van der Waals surface area contributed by atoms with Crippen LogP contribution in [0.15, 0.2) is 11.4 Å². The number of aryl methyl sites for hydroxylation is 1. The van der Waals surface area contributed by atoms with Crippen LogP contribution in [-0.4, -0.2) is 35.1 Å². The largest absolute Gasteiger partial charge is 0.481 e. The lowest BCUT2D eigenvalue weighted by Crippen LogP contribution is -2.41. The summed E-state index contributed by atoms with van der Waals surface area (Å²) in [4.78, 5) is 26.5. The van der Waals surface area contributed by atoms with Gasteiger partial charge in [0.1, 0.15) is 0 Å². The summed E-state index contributed by atoms with van der Waals surface area (Å²) < 4.78 is 0. The number of thiophene rings is 1. The zero-order chi connectivity index (χ0) is 15.5. The third-order valence-corrected chi connectivity index (χ3v) is 5.21. The lowest BCUT2D eigenvalue weighted by molar-refractivity contribution is -0.148. The third kappa shape index (κ3) is 3.37. The van der Waals surface area contributed by atoms with Gasteiger partial charge in [-0.05, 0) is 36.8 Å². The molecule has 0 aliphatic carbocycles. The van der Waals surface area contributed by atoms with Crippen LogP contribution >= 0.6 is 11.3 Å². The van der Waals surface area contributed by atoms with Crippen molar-refractivity contribution in [3.05, 3.63) is 21.9 Å². The normalized spacial score (nSPS) is 21.5. The predicted molar refractivity (Wildman–Crippen MR) is 82.5 cm³/mol. The Morgan fingerprint density at radius 3 is 2.86 bits per heavy atom. The second-order valence-corrected chi connectivity index (χ2v) is 6.69. The summed E-state index contributed by atoms with van der Waals surface area (Å²) in [7, 11) is 0. The second kappa shape index (κ2) is 6.47. The molecule has 2 rings (SSSR count). The number of nitrogens with one attached hydrogen (secondary N) is 1. The molecule has 2 amide bonds. The molecule has 1 aliphatic rings. The number of carbonyl (C=O) groups excluding carboxylic acids is 1. The standard InChI is InChI=1S/C15H22N2O3S/c1-3-5-15(13(18)19)6-7-17(10-15)14(20)16-9-12-11(2)4-8-21-12/h4,8H,3,5-7,9-10H2,1-2H3,(H,16,20)(H,18,19). The molecule has 116 valence electrons. The van der Waals surface area contributed by atoms with E-state index < -0.39 is 11.4 Å². The van der Waals surface area contributed by atoms with Gasteiger partial charge in [-0.2, -0.15) is 0 Å². The Bertz CT molecular complexity index is 529. The molecular formula is C15H22N2O3S. The van der Waals surface area contributed by atoms with Crippen molar-refractivity contribution in [3.63, 3.8) is 0 Å². The average Bonchev–Trinajstić information content (AvgIpc) is 3.04. The molecule has 5 nitrogen and oxygen atoms in total. The summed E-state index contributed by atoms with van der Waals surface area (Å²) in [5, 5.41) is 14.3. The Morgan fingerprint density at radius 2 is 2.29 bits per heavy atom. The predicted octanol–water partition coefficient (Wildman–Crippen LogP) is 2.84. The number of rotatable bonds is 5. The van der Waals surface area contributed by atoms with E-state index in [1.807, 2.05) is 25.3 Å². The molecular weight excluding hydrogens is 288 g/mol. The number of carboxylic acids is 1. The summed E-state index contributed by atoms with van der Waals surface area (Å²) in [6, 6.07) is 1.86. The molecule has 0 aromatic carbocycles. The van der Waals surface area contributed by atoms with E-state index in [9.17, 15) is 14.7 Å². The maximum atomic E-state index is 12.2. The van der Waals surface area contributed by atoms with E-state index in [0.717, 1.165) is 11.3 Å². The molecule has 2 N–H and O–H groups in total. The van der Waals surface area contributed by atoms with Gasteiger partial charge in [-0.3, -0.25) is 4.79 Å². The fraction of sp³-hybridized carbons (Fsp3) is 0.600. The van der Waals surface area contributed by atoms with Crippen LogP contribution in [0, 0.1) is 12.3 Å². The number of carbonyl (C=O) groups is 2. The molecule has 1 unspecified atom stereocenters. The van der Waals surface area contributed by atoms with Crippen molar-refractivity contribution in [1.82, 2.24) is 10.2 Å².